The van der Waals surface area contributed by atoms with Crippen molar-refractivity contribution in [3.63, 3.8) is 0 Å². The quantitative estimate of drug-likeness (QED) is 0.869. The smallest absolute Gasteiger partial charge is 0.0460 e. The van der Waals surface area contributed by atoms with Crippen LogP contribution in [0.2, 0.25) is 0 Å². The first kappa shape index (κ1) is 13.4. The van der Waals surface area contributed by atoms with Gasteiger partial charge in [-0.3, -0.25) is 0 Å². The second kappa shape index (κ2) is 4.93. The molecule has 1 heterocycles. The molecule has 2 heteroatoms. The van der Waals surface area contributed by atoms with Gasteiger partial charge in [0.25, 0.3) is 0 Å². The number of nitrogens with two attached hydrogens (primary N) is 1. The van der Waals surface area contributed by atoms with Crippen LogP contribution in [0.4, 0.5) is 5.69 Å². The highest BCUT2D eigenvalue weighted by Crippen LogP contribution is 2.35. The minimum absolute atomic E-state index is 0.207. The van der Waals surface area contributed by atoms with Crippen molar-refractivity contribution >= 4 is 5.69 Å². The van der Waals surface area contributed by atoms with Crippen LogP contribution < -0.4 is 10.6 Å². The summed E-state index contributed by atoms with van der Waals surface area (Å²) in [5, 5.41) is 0. The van der Waals surface area contributed by atoms with E-state index in [-0.39, 0.29) is 5.41 Å². The molecule has 18 heavy (non-hydrogen) atoms. The van der Waals surface area contributed by atoms with Gasteiger partial charge in [0.15, 0.2) is 0 Å². The number of anilines is 1. The molecule has 0 saturated carbocycles. The molecule has 2 N–H and O–H groups in total. The van der Waals surface area contributed by atoms with E-state index in [9.17, 15) is 0 Å². The van der Waals surface area contributed by atoms with Gasteiger partial charge >= 0.3 is 0 Å². The molecule has 0 bridgehead atoms. The van der Waals surface area contributed by atoms with Crippen molar-refractivity contribution < 1.29 is 0 Å². The molecule has 0 amide bonds. The standard InChI is InChI=1S/C16H26N2/c1-12-9-13-7-5-6-8-14(13)18(11-12)15(10-17)16(2,3)4/h5-8,12,15H,9-11,17H2,1-4H3. The van der Waals surface area contributed by atoms with Gasteiger partial charge in [0, 0.05) is 24.8 Å². The molecule has 0 saturated heterocycles. The molecule has 100 valence electrons. The van der Waals surface area contributed by atoms with Gasteiger partial charge in [-0.25, -0.2) is 0 Å². The lowest BCUT2D eigenvalue weighted by Crippen LogP contribution is -2.52. The fraction of sp³-hybridized carbons (Fsp3) is 0.625. The molecule has 0 aromatic heterocycles. The summed E-state index contributed by atoms with van der Waals surface area (Å²) >= 11 is 0. The van der Waals surface area contributed by atoms with E-state index in [1.54, 1.807) is 0 Å². The van der Waals surface area contributed by atoms with Gasteiger partial charge in [0.1, 0.15) is 0 Å². The summed E-state index contributed by atoms with van der Waals surface area (Å²) in [7, 11) is 0. The van der Waals surface area contributed by atoms with Crippen molar-refractivity contribution in [2.75, 3.05) is 18.0 Å². The molecule has 2 nitrogen and oxygen atoms in total. The van der Waals surface area contributed by atoms with Crippen LogP contribution in [0.3, 0.4) is 0 Å². The lowest BCUT2D eigenvalue weighted by Gasteiger charge is -2.45. The van der Waals surface area contributed by atoms with E-state index >= 15 is 0 Å². The summed E-state index contributed by atoms with van der Waals surface area (Å²) in [6, 6.07) is 9.19. The first-order valence-electron chi connectivity index (χ1n) is 6.98. The molecule has 2 atom stereocenters. The van der Waals surface area contributed by atoms with E-state index in [1.165, 1.54) is 17.7 Å². The summed E-state index contributed by atoms with van der Waals surface area (Å²) in [5.41, 5.74) is 9.12. The normalized spacial score (nSPS) is 21.6. The van der Waals surface area contributed by atoms with E-state index in [2.05, 4.69) is 56.9 Å². The topological polar surface area (TPSA) is 29.3 Å². The Hall–Kier alpha value is -1.02. The Labute approximate surface area is 111 Å². The average Bonchev–Trinajstić information content (AvgIpc) is 2.27. The second-order valence-electron chi connectivity index (χ2n) is 6.71. The van der Waals surface area contributed by atoms with Gasteiger partial charge in [0.2, 0.25) is 0 Å². The minimum atomic E-state index is 0.207. The Morgan fingerprint density at radius 3 is 2.61 bits per heavy atom. The van der Waals surface area contributed by atoms with Crippen LogP contribution in [0.25, 0.3) is 0 Å². The lowest BCUT2D eigenvalue weighted by molar-refractivity contribution is 0.294. The zero-order valence-corrected chi connectivity index (χ0v) is 12.1. The molecular weight excluding hydrogens is 220 g/mol. The molecule has 0 radical (unpaired) electrons. The summed E-state index contributed by atoms with van der Waals surface area (Å²) in [4.78, 5) is 2.53. The van der Waals surface area contributed by atoms with E-state index in [0.29, 0.717) is 18.5 Å². The van der Waals surface area contributed by atoms with Gasteiger partial charge in [-0.05, 0) is 29.4 Å². The van der Waals surface area contributed by atoms with E-state index in [1.807, 2.05) is 0 Å². The van der Waals surface area contributed by atoms with Crippen molar-refractivity contribution in [2.24, 2.45) is 17.1 Å². The van der Waals surface area contributed by atoms with Gasteiger partial charge in [-0.1, -0.05) is 45.9 Å². The molecule has 2 rings (SSSR count). The fourth-order valence-electron chi connectivity index (χ4n) is 3.08. The van der Waals surface area contributed by atoms with Gasteiger partial charge in [-0.15, -0.1) is 0 Å². The third kappa shape index (κ3) is 2.54. The predicted octanol–water partition coefficient (Wildman–Crippen LogP) is 3.06. The first-order chi connectivity index (χ1) is 8.43. The number of hydrogen-bond donors (Lipinski definition) is 1. The highest BCUT2D eigenvalue weighted by Gasteiger charge is 2.33. The van der Waals surface area contributed by atoms with Crippen LogP contribution in [-0.4, -0.2) is 19.1 Å². The zero-order chi connectivity index (χ0) is 13.3. The number of rotatable bonds is 2. The second-order valence-corrected chi connectivity index (χ2v) is 6.71. The monoisotopic (exact) mass is 246 g/mol. The van der Waals surface area contributed by atoms with Crippen molar-refractivity contribution in [3.8, 4) is 0 Å². The summed E-state index contributed by atoms with van der Waals surface area (Å²) < 4.78 is 0. The van der Waals surface area contributed by atoms with Crippen LogP contribution in [-0.2, 0) is 6.42 Å². The number of nitrogens with zero attached hydrogens (tertiary/aromatic N) is 1. The van der Waals surface area contributed by atoms with Crippen molar-refractivity contribution in [1.29, 1.82) is 0 Å². The summed E-state index contributed by atoms with van der Waals surface area (Å²) in [6.45, 7) is 11.0. The minimum Gasteiger partial charge on any atom is -0.366 e. The summed E-state index contributed by atoms with van der Waals surface area (Å²) in [6.07, 6.45) is 1.19. The maximum absolute atomic E-state index is 6.05. The van der Waals surface area contributed by atoms with Crippen LogP contribution in [0.15, 0.2) is 24.3 Å². The third-order valence-electron chi connectivity index (χ3n) is 3.98. The molecule has 0 spiro atoms. The highest BCUT2D eigenvalue weighted by atomic mass is 15.2. The van der Waals surface area contributed by atoms with E-state index in [4.69, 9.17) is 5.73 Å². The average molecular weight is 246 g/mol. The first-order valence-corrected chi connectivity index (χ1v) is 6.98. The Morgan fingerprint density at radius 1 is 1.33 bits per heavy atom. The number of para-hydroxylation sites is 1. The maximum Gasteiger partial charge on any atom is 0.0460 e. The zero-order valence-electron chi connectivity index (χ0n) is 12.1. The molecule has 1 aliphatic rings. The van der Waals surface area contributed by atoms with Gasteiger partial charge < -0.3 is 10.6 Å². The molecule has 1 aromatic rings. The lowest BCUT2D eigenvalue weighted by atomic mass is 9.82. The van der Waals surface area contributed by atoms with Gasteiger partial charge in [-0.2, -0.15) is 0 Å². The molecule has 2 unspecified atom stereocenters. The van der Waals surface area contributed by atoms with Crippen LogP contribution in [0.5, 0.6) is 0 Å². The molecule has 0 fully saturated rings. The molecular formula is C16H26N2. The Balaban J connectivity index is 2.39. The predicted molar refractivity (Wildman–Crippen MR) is 79.0 cm³/mol. The third-order valence-corrected chi connectivity index (χ3v) is 3.98. The van der Waals surface area contributed by atoms with Crippen molar-refractivity contribution in [3.05, 3.63) is 29.8 Å². The fourth-order valence-corrected chi connectivity index (χ4v) is 3.08. The van der Waals surface area contributed by atoms with E-state index < -0.39 is 0 Å². The highest BCUT2D eigenvalue weighted by molar-refractivity contribution is 5.57. The van der Waals surface area contributed by atoms with Crippen LogP contribution >= 0.6 is 0 Å². The maximum atomic E-state index is 6.05. The molecule has 0 aliphatic carbocycles. The van der Waals surface area contributed by atoms with Crippen molar-refractivity contribution in [2.45, 2.75) is 40.2 Å². The number of fused-ring (bicyclic) bond motifs is 1. The summed E-state index contributed by atoms with van der Waals surface area (Å²) in [5.74, 6) is 0.705. The number of hydrogen-bond acceptors (Lipinski definition) is 2. The Kier molecular flexibility index (Phi) is 3.67. The Morgan fingerprint density at radius 2 is 2.00 bits per heavy atom. The molecule has 1 aromatic carbocycles. The van der Waals surface area contributed by atoms with Gasteiger partial charge in [0.05, 0.1) is 0 Å². The Bertz CT molecular complexity index is 406. The van der Waals surface area contributed by atoms with E-state index in [0.717, 1.165) is 6.54 Å². The van der Waals surface area contributed by atoms with Crippen LogP contribution in [0.1, 0.15) is 33.3 Å². The van der Waals surface area contributed by atoms with Crippen molar-refractivity contribution in [1.82, 2.24) is 0 Å². The SMILES string of the molecule is CC1Cc2ccccc2N(C(CN)C(C)(C)C)C1. The van der Waals surface area contributed by atoms with Crippen LogP contribution in [0, 0.1) is 11.3 Å². The largest absolute Gasteiger partial charge is 0.366 e. The number of benzene rings is 1. The molecule has 1 aliphatic heterocycles.